The molecule has 0 aliphatic rings. The van der Waals surface area contributed by atoms with Crippen molar-refractivity contribution in [3.05, 3.63) is 76.1 Å². The van der Waals surface area contributed by atoms with Gasteiger partial charge >= 0.3 is 0 Å². The zero-order valence-electron chi connectivity index (χ0n) is 14.8. The fourth-order valence-corrected chi connectivity index (χ4v) is 2.78. The Kier molecular flexibility index (Phi) is 5.12. The highest BCUT2D eigenvalue weighted by Crippen LogP contribution is 2.29. The van der Waals surface area contributed by atoms with Crippen LogP contribution in [-0.2, 0) is 6.54 Å². The fraction of sp³-hybridized carbons (Fsp3) is 0.150. The van der Waals surface area contributed by atoms with E-state index in [-0.39, 0.29) is 23.5 Å². The highest BCUT2D eigenvalue weighted by atomic mass is 19.1. The lowest BCUT2D eigenvalue weighted by atomic mass is 10.0. The molecule has 0 amide bonds. The fourth-order valence-electron chi connectivity index (χ4n) is 2.78. The van der Waals surface area contributed by atoms with Gasteiger partial charge in [-0.2, -0.15) is 5.10 Å². The first-order chi connectivity index (χ1) is 12.9. The topological polar surface area (TPSA) is 64.0 Å². The molecule has 0 spiro atoms. The molecule has 0 saturated heterocycles. The number of carbonyl (C=O) groups excluding carboxylic acids is 1. The molecule has 1 N–H and O–H groups in total. The summed E-state index contributed by atoms with van der Waals surface area (Å²) in [5.74, 6) is -2.18. The Balaban J connectivity index is 2.32. The maximum absolute atomic E-state index is 14.1. The van der Waals surface area contributed by atoms with Crippen LogP contribution in [0, 0.1) is 11.6 Å². The van der Waals surface area contributed by atoms with Crippen molar-refractivity contribution in [2.45, 2.75) is 20.4 Å². The highest BCUT2D eigenvalue weighted by Gasteiger charge is 2.23. The zero-order chi connectivity index (χ0) is 19.6. The molecule has 0 aliphatic heterocycles. The average Bonchev–Trinajstić information content (AvgIpc) is 2.66. The standard InChI is InChI=1S/C20H17F2N3O2/c1-3-25-20(27)19(23-18-14(21)10-7-11-15(18)22)16(12(2)26)17(24-25)13-8-5-4-6-9-13/h4-11,23H,3H2,1-2H3. The Morgan fingerprint density at radius 1 is 1.04 bits per heavy atom. The number of aromatic nitrogens is 2. The van der Waals surface area contributed by atoms with Gasteiger partial charge in [0.15, 0.2) is 5.78 Å². The SMILES string of the molecule is CCn1nc(-c2ccccc2)c(C(C)=O)c(Nc2c(F)cccc2F)c1=O. The van der Waals surface area contributed by atoms with Gasteiger partial charge in [-0.05, 0) is 26.0 Å². The minimum atomic E-state index is -0.870. The van der Waals surface area contributed by atoms with Crippen LogP contribution < -0.4 is 10.9 Å². The number of halogens is 2. The average molecular weight is 369 g/mol. The normalized spacial score (nSPS) is 10.7. The molecule has 138 valence electrons. The van der Waals surface area contributed by atoms with Gasteiger partial charge in [-0.1, -0.05) is 36.4 Å². The van der Waals surface area contributed by atoms with Crippen molar-refractivity contribution in [2.75, 3.05) is 5.32 Å². The van der Waals surface area contributed by atoms with Crippen molar-refractivity contribution in [1.29, 1.82) is 0 Å². The van der Waals surface area contributed by atoms with E-state index in [0.717, 1.165) is 16.8 Å². The molecule has 0 saturated carbocycles. The Morgan fingerprint density at radius 3 is 2.22 bits per heavy atom. The summed E-state index contributed by atoms with van der Waals surface area (Å²) < 4.78 is 29.3. The molecule has 5 nitrogen and oxygen atoms in total. The molecule has 1 aromatic heterocycles. The van der Waals surface area contributed by atoms with Gasteiger partial charge in [0, 0.05) is 12.1 Å². The van der Waals surface area contributed by atoms with E-state index >= 15 is 0 Å². The second kappa shape index (κ2) is 7.49. The summed E-state index contributed by atoms with van der Waals surface area (Å²) in [6, 6.07) is 12.2. The van der Waals surface area contributed by atoms with Crippen molar-refractivity contribution in [3.8, 4) is 11.3 Å². The number of aryl methyl sites for hydroxylation is 1. The van der Waals surface area contributed by atoms with Gasteiger partial charge in [0.2, 0.25) is 0 Å². The molecule has 3 aromatic rings. The molecule has 27 heavy (non-hydrogen) atoms. The quantitative estimate of drug-likeness (QED) is 0.686. The predicted molar refractivity (Wildman–Crippen MR) is 99.3 cm³/mol. The summed E-state index contributed by atoms with van der Waals surface area (Å²) in [6.07, 6.45) is 0. The second-order valence-electron chi connectivity index (χ2n) is 5.86. The molecule has 3 rings (SSSR count). The van der Waals surface area contributed by atoms with E-state index in [1.807, 2.05) is 0 Å². The van der Waals surface area contributed by atoms with Crippen LogP contribution in [0.4, 0.5) is 20.2 Å². The van der Waals surface area contributed by atoms with Gasteiger partial charge in [0.1, 0.15) is 28.7 Å². The second-order valence-corrected chi connectivity index (χ2v) is 5.86. The van der Waals surface area contributed by atoms with Gasteiger partial charge in [-0.15, -0.1) is 0 Å². The zero-order valence-corrected chi connectivity index (χ0v) is 14.8. The summed E-state index contributed by atoms with van der Waals surface area (Å²) in [7, 11) is 0. The van der Waals surface area contributed by atoms with E-state index in [1.165, 1.54) is 13.0 Å². The number of anilines is 2. The van der Waals surface area contributed by atoms with Crippen LogP contribution >= 0.6 is 0 Å². The minimum absolute atomic E-state index is 0.0152. The lowest BCUT2D eigenvalue weighted by Crippen LogP contribution is -2.28. The van der Waals surface area contributed by atoms with Gasteiger partial charge in [0.25, 0.3) is 5.56 Å². The Morgan fingerprint density at radius 2 is 1.67 bits per heavy atom. The number of nitrogens with zero attached hydrogens (tertiary/aromatic N) is 2. The van der Waals surface area contributed by atoms with E-state index in [0.29, 0.717) is 5.56 Å². The summed E-state index contributed by atoms with van der Waals surface area (Å²) in [5, 5.41) is 6.78. The monoisotopic (exact) mass is 369 g/mol. The number of rotatable bonds is 5. The third-order valence-corrected chi connectivity index (χ3v) is 4.07. The molecule has 1 heterocycles. The molecule has 0 fully saturated rings. The van der Waals surface area contributed by atoms with Gasteiger partial charge < -0.3 is 5.32 Å². The smallest absolute Gasteiger partial charge is 0.291 e. The number of Topliss-reactive ketones (excluding diaryl/α,β-unsaturated/α-hetero) is 1. The van der Waals surface area contributed by atoms with E-state index in [4.69, 9.17) is 0 Å². The third-order valence-electron chi connectivity index (χ3n) is 4.07. The minimum Gasteiger partial charge on any atom is -0.346 e. The predicted octanol–water partition coefficient (Wildman–Crippen LogP) is 4.15. The van der Waals surface area contributed by atoms with E-state index in [2.05, 4.69) is 10.4 Å². The molecular weight excluding hydrogens is 352 g/mol. The largest absolute Gasteiger partial charge is 0.346 e. The van der Waals surface area contributed by atoms with Crippen molar-refractivity contribution >= 4 is 17.2 Å². The molecule has 0 unspecified atom stereocenters. The number of para-hydroxylation sites is 1. The van der Waals surface area contributed by atoms with Gasteiger partial charge in [-0.25, -0.2) is 13.5 Å². The molecule has 7 heteroatoms. The van der Waals surface area contributed by atoms with Crippen LogP contribution in [0.3, 0.4) is 0 Å². The van der Waals surface area contributed by atoms with Gasteiger partial charge in [0.05, 0.1) is 5.56 Å². The first-order valence-electron chi connectivity index (χ1n) is 8.36. The van der Waals surface area contributed by atoms with Crippen LogP contribution in [0.1, 0.15) is 24.2 Å². The molecule has 0 radical (unpaired) electrons. The number of nitrogens with one attached hydrogen (secondary N) is 1. The van der Waals surface area contributed by atoms with Crippen LogP contribution in [0.25, 0.3) is 11.3 Å². The maximum atomic E-state index is 14.1. The maximum Gasteiger partial charge on any atom is 0.291 e. The Labute approximate surface area is 154 Å². The number of hydrogen-bond donors (Lipinski definition) is 1. The lowest BCUT2D eigenvalue weighted by Gasteiger charge is -2.16. The van der Waals surface area contributed by atoms with Crippen LogP contribution in [0.15, 0.2) is 53.3 Å². The van der Waals surface area contributed by atoms with Crippen molar-refractivity contribution in [1.82, 2.24) is 9.78 Å². The first kappa shape index (κ1) is 18.4. The van der Waals surface area contributed by atoms with Crippen molar-refractivity contribution < 1.29 is 13.6 Å². The Hall–Kier alpha value is -3.35. The Bertz CT molecular complexity index is 1040. The number of carbonyl (C=O) groups is 1. The van der Waals surface area contributed by atoms with Crippen LogP contribution in [-0.4, -0.2) is 15.6 Å². The molecule has 2 aromatic carbocycles. The van der Waals surface area contributed by atoms with Crippen molar-refractivity contribution in [3.63, 3.8) is 0 Å². The third kappa shape index (κ3) is 3.48. The summed E-state index contributed by atoms with van der Waals surface area (Å²) in [5.41, 5.74) is -0.471. The number of ketones is 1. The highest BCUT2D eigenvalue weighted by molar-refractivity contribution is 6.05. The lowest BCUT2D eigenvalue weighted by molar-refractivity contribution is 0.101. The molecule has 0 bridgehead atoms. The van der Waals surface area contributed by atoms with Crippen LogP contribution in [0.5, 0.6) is 0 Å². The molecule has 0 aliphatic carbocycles. The van der Waals surface area contributed by atoms with E-state index in [9.17, 15) is 18.4 Å². The van der Waals surface area contributed by atoms with E-state index < -0.39 is 28.7 Å². The first-order valence-corrected chi connectivity index (χ1v) is 8.36. The summed E-state index contributed by atoms with van der Waals surface area (Å²) >= 11 is 0. The summed E-state index contributed by atoms with van der Waals surface area (Å²) in [6.45, 7) is 3.22. The van der Waals surface area contributed by atoms with Gasteiger partial charge in [-0.3, -0.25) is 9.59 Å². The number of hydrogen-bond acceptors (Lipinski definition) is 4. The molecule has 0 atom stereocenters. The summed E-state index contributed by atoms with van der Waals surface area (Å²) in [4.78, 5) is 25.1. The van der Waals surface area contributed by atoms with E-state index in [1.54, 1.807) is 37.3 Å². The van der Waals surface area contributed by atoms with Crippen molar-refractivity contribution in [2.24, 2.45) is 0 Å². The molecular formula is C20H17F2N3O2. The number of benzene rings is 2. The van der Waals surface area contributed by atoms with Crippen LogP contribution in [0.2, 0.25) is 0 Å².